The summed E-state index contributed by atoms with van der Waals surface area (Å²) in [5.74, 6) is -0.402. The third-order valence-electron chi connectivity index (χ3n) is 2.37. The Hall–Kier alpha value is -1.97. The molecule has 98 valence electrons. The molecular formula is C11H9IN4O3. The second-order valence-corrected chi connectivity index (χ2v) is 4.94. The van der Waals surface area contributed by atoms with E-state index in [0.717, 1.165) is 0 Å². The molecule has 0 aliphatic rings. The van der Waals surface area contributed by atoms with E-state index in [1.807, 2.05) is 22.6 Å². The summed E-state index contributed by atoms with van der Waals surface area (Å²) in [5.41, 5.74) is 0.685. The minimum absolute atomic E-state index is 0.114. The second kappa shape index (κ2) is 5.34. The molecule has 19 heavy (non-hydrogen) atoms. The number of nitrogens with one attached hydrogen (secondary N) is 1. The molecule has 1 aromatic heterocycles. The molecule has 0 spiro atoms. The highest BCUT2D eigenvalue weighted by Gasteiger charge is 2.16. The molecule has 1 heterocycles. The highest BCUT2D eigenvalue weighted by Crippen LogP contribution is 2.20. The second-order valence-electron chi connectivity index (χ2n) is 3.78. The van der Waals surface area contributed by atoms with Crippen LogP contribution in [0.2, 0.25) is 0 Å². The van der Waals surface area contributed by atoms with Gasteiger partial charge >= 0.3 is 0 Å². The van der Waals surface area contributed by atoms with Crippen LogP contribution >= 0.6 is 22.6 Å². The molecule has 0 aliphatic carbocycles. The molecule has 1 N–H and O–H groups in total. The van der Waals surface area contributed by atoms with Gasteiger partial charge in [-0.2, -0.15) is 5.10 Å². The summed E-state index contributed by atoms with van der Waals surface area (Å²) in [7, 11) is 1.73. The first-order valence-electron chi connectivity index (χ1n) is 5.21. The van der Waals surface area contributed by atoms with Gasteiger partial charge in [0.2, 0.25) is 0 Å². The molecule has 0 aliphatic heterocycles. The van der Waals surface area contributed by atoms with Gasteiger partial charge in [0.25, 0.3) is 11.6 Å². The summed E-state index contributed by atoms with van der Waals surface area (Å²) in [4.78, 5) is 22.2. The summed E-state index contributed by atoms with van der Waals surface area (Å²) in [5, 5.41) is 17.3. The molecule has 0 unspecified atom stereocenters. The van der Waals surface area contributed by atoms with E-state index >= 15 is 0 Å². The van der Waals surface area contributed by atoms with Crippen molar-refractivity contribution < 1.29 is 9.72 Å². The third-order valence-corrected chi connectivity index (χ3v) is 3.31. The van der Waals surface area contributed by atoms with Gasteiger partial charge in [0.05, 0.1) is 22.4 Å². The van der Waals surface area contributed by atoms with Crippen molar-refractivity contribution in [1.29, 1.82) is 0 Å². The Morgan fingerprint density at radius 3 is 2.84 bits per heavy atom. The van der Waals surface area contributed by atoms with E-state index < -0.39 is 10.8 Å². The molecule has 0 atom stereocenters. The lowest BCUT2D eigenvalue weighted by molar-refractivity contribution is -0.384. The van der Waals surface area contributed by atoms with Gasteiger partial charge in [0.1, 0.15) is 0 Å². The molecule has 7 nitrogen and oxygen atoms in total. The summed E-state index contributed by atoms with van der Waals surface area (Å²) in [6, 6.07) is 4.16. The summed E-state index contributed by atoms with van der Waals surface area (Å²) < 4.78 is 2.19. The number of rotatable bonds is 3. The Kier molecular flexibility index (Phi) is 3.79. The summed E-state index contributed by atoms with van der Waals surface area (Å²) in [6.45, 7) is 0. The summed E-state index contributed by atoms with van der Waals surface area (Å²) in [6.07, 6.45) is 3.14. The number of halogens is 1. The van der Waals surface area contributed by atoms with E-state index in [1.54, 1.807) is 17.9 Å². The zero-order valence-electron chi connectivity index (χ0n) is 9.83. The number of aromatic nitrogens is 2. The highest BCUT2D eigenvalue weighted by atomic mass is 127. The van der Waals surface area contributed by atoms with E-state index in [9.17, 15) is 14.9 Å². The number of hydrogen-bond acceptors (Lipinski definition) is 4. The van der Waals surface area contributed by atoms with E-state index in [4.69, 9.17) is 0 Å². The Morgan fingerprint density at radius 2 is 2.26 bits per heavy atom. The maximum Gasteiger partial charge on any atom is 0.270 e. The van der Waals surface area contributed by atoms with Crippen molar-refractivity contribution in [2.75, 3.05) is 5.32 Å². The molecule has 1 amide bonds. The molecule has 2 rings (SSSR count). The van der Waals surface area contributed by atoms with E-state index in [0.29, 0.717) is 9.26 Å². The van der Waals surface area contributed by atoms with Crippen molar-refractivity contribution in [2.24, 2.45) is 7.05 Å². The van der Waals surface area contributed by atoms with Gasteiger partial charge in [0, 0.05) is 28.9 Å². The topological polar surface area (TPSA) is 90.1 Å². The fourth-order valence-electron chi connectivity index (χ4n) is 1.49. The minimum atomic E-state index is -0.531. The maximum atomic E-state index is 12.0. The van der Waals surface area contributed by atoms with E-state index in [2.05, 4.69) is 10.4 Å². The van der Waals surface area contributed by atoms with Gasteiger partial charge in [0.15, 0.2) is 0 Å². The number of non-ortho nitro benzene ring substituents is 1. The number of nitro groups is 1. The minimum Gasteiger partial charge on any atom is -0.319 e. The van der Waals surface area contributed by atoms with Crippen molar-refractivity contribution in [2.45, 2.75) is 0 Å². The number of amides is 1. The molecule has 0 saturated carbocycles. The SMILES string of the molecule is Cn1cc(NC(=O)c2cc([N+](=O)[O-])ccc2I)cn1. The fraction of sp³-hybridized carbons (Fsp3) is 0.0909. The molecule has 8 heteroatoms. The lowest BCUT2D eigenvalue weighted by atomic mass is 10.2. The monoisotopic (exact) mass is 372 g/mol. The molecule has 0 bridgehead atoms. The Balaban J connectivity index is 2.27. The van der Waals surface area contributed by atoms with Crippen LogP contribution in [0.5, 0.6) is 0 Å². The van der Waals surface area contributed by atoms with E-state index in [1.165, 1.54) is 24.4 Å². The van der Waals surface area contributed by atoms with Crippen molar-refractivity contribution >= 4 is 39.9 Å². The zero-order chi connectivity index (χ0) is 14.0. The van der Waals surface area contributed by atoms with Gasteiger partial charge in [-0.3, -0.25) is 19.6 Å². The van der Waals surface area contributed by atoms with Crippen LogP contribution in [0.3, 0.4) is 0 Å². The van der Waals surface area contributed by atoms with Gasteiger partial charge in [-0.1, -0.05) is 0 Å². The van der Waals surface area contributed by atoms with E-state index in [-0.39, 0.29) is 11.3 Å². The average Bonchev–Trinajstić information content (AvgIpc) is 2.74. The predicted octanol–water partition coefficient (Wildman–Crippen LogP) is 2.19. The smallest absolute Gasteiger partial charge is 0.270 e. The molecule has 0 saturated heterocycles. The highest BCUT2D eigenvalue weighted by molar-refractivity contribution is 14.1. The van der Waals surface area contributed by atoms with Crippen LogP contribution < -0.4 is 5.32 Å². The number of carbonyl (C=O) groups excluding carboxylic acids is 1. The van der Waals surface area contributed by atoms with Gasteiger partial charge in [-0.25, -0.2) is 0 Å². The van der Waals surface area contributed by atoms with Crippen molar-refractivity contribution in [3.8, 4) is 0 Å². The number of aryl methyl sites for hydroxylation is 1. The number of anilines is 1. The quantitative estimate of drug-likeness (QED) is 0.508. The lowest BCUT2D eigenvalue weighted by Gasteiger charge is -2.04. The lowest BCUT2D eigenvalue weighted by Crippen LogP contribution is -2.13. The van der Waals surface area contributed by atoms with Crippen LogP contribution in [0, 0.1) is 13.7 Å². The third kappa shape index (κ3) is 3.08. The van der Waals surface area contributed by atoms with Crippen LogP contribution in [-0.4, -0.2) is 20.6 Å². The normalized spacial score (nSPS) is 10.2. The van der Waals surface area contributed by atoms with Crippen molar-refractivity contribution in [3.63, 3.8) is 0 Å². The number of carbonyl (C=O) groups is 1. The van der Waals surface area contributed by atoms with Gasteiger partial charge in [-0.15, -0.1) is 0 Å². The zero-order valence-corrected chi connectivity index (χ0v) is 12.0. The largest absolute Gasteiger partial charge is 0.319 e. The maximum absolute atomic E-state index is 12.0. The molecule has 0 radical (unpaired) electrons. The molecular weight excluding hydrogens is 363 g/mol. The van der Waals surface area contributed by atoms with Crippen LogP contribution in [0.4, 0.5) is 11.4 Å². The first kappa shape index (κ1) is 13.5. The van der Waals surface area contributed by atoms with Crippen molar-refractivity contribution in [1.82, 2.24) is 9.78 Å². The molecule has 2 aromatic rings. The Labute approximate surface area is 121 Å². The Bertz CT molecular complexity index is 653. The van der Waals surface area contributed by atoms with Gasteiger partial charge < -0.3 is 5.32 Å². The predicted molar refractivity (Wildman–Crippen MR) is 77.0 cm³/mol. The average molecular weight is 372 g/mol. The first-order chi connectivity index (χ1) is 8.97. The van der Waals surface area contributed by atoms with Gasteiger partial charge in [-0.05, 0) is 28.7 Å². The summed E-state index contributed by atoms with van der Waals surface area (Å²) >= 11 is 1.96. The number of nitro benzene ring substituents is 1. The number of hydrogen-bond donors (Lipinski definition) is 1. The first-order valence-corrected chi connectivity index (χ1v) is 6.29. The van der Waals surface area contributed by atoms with Crippen LogP contribution in [0.1, 0.15) is 10.4 Å². The fourth-order valence-corrected chi connectivity index (χ4v) is 2.07. The standard InChI is InChI=1S/C11H9IN4O3/c1-15-6-7(5-13-15)14-11(17)9-4-8(16(18)19)2-3-10(9)12/h2-6H,1H3,(H,14,17). The van der Waals surface area contributed by atoms with Crippen LogP contribution in [0.15, 0.2) is 30.6 Å². The van der Waals surface area contributed by atoms with Crippen LogP contribution in [-0.2, 0) is 7.05 Å². The number of benzene rings is 1. The van der Waals surface area contributed by atoms with Crippen molar-refractivity contribution in [3.05, 3.63) is 49.8 Å². The van der Waals surface area contributed by atoms with Crippen LogP contribution in [0.25, 0.3) is 0 Å². The molecule has 0 fully saturated rings. The number of nitrogens with zero attached hydrogens (tertiary/aromatic N) is 3. The molecule has 1 aromatic carbocycles. The Morgan fingerprint density at radius 1 is 1.53 bits per heavy atom.